The van der Waals surface area contributed by atoms with E-state index in [2.05, 4.69) is 31.5 Å². The molecule has 2 N–H and O–H groups in total. The van der Waals surface area contributed by atoms with Gasteiger partial charge in [-0.1, -0.05) is 0 Å². The molecular formula is C22H24BrN5O3. The number of pyridine rings is 1. The fourth-order valence-corrected chi connectivity index (χ4v) is 4.26. The first-order valence-electron chi connectivity index (χ1n) is 10.3. The van der Waals surface area contributed by atoms with E-state index in [-0.39, 0.29) is 23.8 Å². The van der Waals surface area contributed by atoms with Crippen molar-refractivity contribution in [2.24, 2.45) is 5.92 Å². The molecule has 0 saturated carbocycles. The highest BCUT2D eigenvalue weighted by atomic mass is 79.9. The van der Waals surface area contributed by atoms with E-state index in [0.717, 1.165) is 28.6 Å². The molecule has 162 valence electrons. The van der Waals surface area contributed by atoms with Crippen LogP contribution in [0.25, 0.3) is 0 Å². The Kier molecular flexibility index (Phi) is 6.22. The number of aryl methyl sites for hydroxylation is 1. The number of aromatic nitrogens is 1. The molecule has 2 aliphatic heterocycles. The highest BCUT2D eigenvalue weighted by molar-refractivity contribution is 9.10. The third kappa shape index (κ3) is 4.71. The number of likely N-dealkylation sites (tertiary alicyclic amines) is 1. The Labute approximate surface area is 189 Å². The van der Waals surface area contributed by atoms with E-state index in [0.29, 0.717) is 37.6 Å². The van der Waals surface area contributed by atoms with E-state index >= 15 is 0 Å². The molecule has 1 unspecified atom stereocenters. The summed E-state index contributed by atoms with van der Waals surface area (Å²) in [5.74, 6) is -0.00990. The number of carbonyl (C=O) groups is 3. The monoisotopic (exact) mass is 485 g/mol. The fourth-order valence-electron chi connectivity index (χ4n) is 4.03. The highest BCUT2D eigenvalue weighted by Crippen LogP contribution is 2.25. The van der Waals surface area contributed by atoms with Crippen molar-refractivity contribution in [3.05, 3.63) is 52.1 Å². The van der Waals surface area contributed by atoms with E-state index in [1.165, 1.54) is 0 Å². The van der Waals surface area contributed by atoms with Gasteiger partial charge in [-0.3, -0.25) is 14.5 Å². The standard InChI is InChI=1S/C22H24BrN5O3/c1-14-11-15(4-6-18(14)28-10-8-24-22(28)31)21(30)27-9-2-3-16(13-27)20(29)26-19-7-5-17(23)12-25-19/h4-7,11-12,16H,2-3,8-10,13H2,1H3,(H,24,31)(H,25,26,29). The molecule has 0 bridgehead atoms. The molecule has 0 aliphatic carbocycles. The van der Waals surface area contributed by atoms with Gasteiger partial charge in [0, 0.05) is 48.1 Å². The second kappa shape index (κ2) is 9.05. The highest BCUT2D eigenvalue weighted by Gasteiger charge is 2.30. The average molecular weight is 486 g/mol. The fraction of sp³-hybridized carbons (Fsp3) is 0.364. The molecule has 0 radical (unpaired) electrons. The number of hydrogen-bond acceptors (Lipinski definition) is 4. The van der Waals surface area contributed by atoms with Crippen LogP contribution in [0.5, 0.6) is 0 Å². The Morgan fingerprint density at radius 3 is 2.74 bits per heavy atom. The summed E-state index contributed by atoms with van der Waals surface area (Å²) in [6.07, 6.45) is 3.13. The lowest BCUT2D eigenvalue weighted by molar-refractivity contribution is -0.121. The van der Waals surface area contributed by atoms with Crippen molar-refractivity contribution in [2.75, 3.05) is 36.4 Å². The Bertz CT molecular complexity index is 1010. The lowest BCUT2D eigenvalue weighted by atomic mass is 9.96. The molecule has 2 aromatic rings. The van der Waals surface area contributed by atoms with Crippen LogP contribution in [0.4, 0.5) is 16.3 Å². The molecule has 2 aliphatic rings. The molecule has 3 heterocycles. The number of urea groups is 1. The normalized spacial score (nSPS) is 18.6. The molecule has 31 heavy (non-hydrogen) atoms. The Morgan fingerprint density at radius 1 is 1.23 bits per heavy atom. The van der Waals surface area contributed by atoms with E-state index in [1.54, 1.807) is 28.1 Å². The van der Waals surface area contributed by atoms with Crippen molar-refractivity contribution in [3.63, 3.8) is 0 Å². The van der Waals surface area contributed by atoms with Gasteiger partial charge < -0.3 is 15.5 Å². The molecule has 1 atom stereocenters. The van der Waals surface area contributed by atoms with Gasteiger partial charge in [-0.25, -0.2) is 9.78 Å². The first kappa shape index (κ1) is 21.3. The predicted molar refractivity (Wildman–Crippen MR) is 121 cm³/mol. The maximum absolute atomic E-state index is 13.1. The molecule has 2 saturated heterocycles. The Morgan fingerprint density at radius 2 is 2.06 bits per heavy atom. The molecule has 4 rings (SSSR count). The zero-order valence-corrected chi connectivity index (χ0v) is 18.8. The van der Waals surface area contributed by atoms with Crippen molar-refractivity contribution >= 4 is 45.3 Å². The molecule has 1 aromatic carbocycles. The van der Waals surface area contributed by atoms with E-state index in [1.807, 2.05) is 25.1 Å². The smallest absolute Gasteiger partial charge is 0.322 e. The lowest BCUT2D eigenvalue weighted by Crippen LogP contribution is -2.43. The number of piperidine rings is 1. The summed E-state index contributed by atoms with van der Waals surface area (Å²) in [7, 11) is 0. The van der Waals surface area contributed by atoms with Gasteiger partial charge in [-0.05, 0) is 71.6 Å². The number of nitrogens with zero attached hydrogens (tertiary/aromatic N) is 3. The minimum absolute atomic E-state index is 0.0974. The summed E-state index contributed by atoms with van der Waals surface area (Å²) >= 11 is 3.32. The van der Waals surface area contributed by atoms with Gasteiger partial charge >= 0.3 is 6.03 Å². The number of rotatable bonds is 4. The van der Waals surface area contributed by atoms with Crippen LogP contribution in [-0.2, 0) is 4.79 Å². The van der Waals surface area contributed by atoms with Crippen LogP contribution < -0.4 is 15.5 Å². The summed E-state index contributed by atoms with van der Waals surface area (Å²) in [6.45, 7) is 4.12. The molecule has 0 spiro atoms. The van der Waals surface area contributed by atoms with Crippen molar-refractivity contribution in [1.82, 2.24) is 15.2 Å². The molecular weight excluding hydrogens is 462 g/mol. The molecule has 4 amide bonds. The number of halogens is 1. The van der Waals surface area contributed by atoms with Gasteiger partial charge in [-0.2, -0.15) is 0 Å². The summed E-state index contributed by atoms with van der Waals surface area (Å²) in [6, 6.07) is 8.83. The molecule has 9 heteroatoms. The second-order valence-electron chi connectivity index (χ2n) is 7.83. The first-order valence-corrected chi connectivity index (χ1v) is 11.1. The molecule has 1 aromatic heterocycles. The number of anilines is 2. The maximum Gasteiger partial charge on any atom is 0.322 e. The van der Waals surface area contributed by atoms with Crippen LogP contribution in [0.15, 0.2) is 41.0 Å². The summed E-state index contributed by atoms with van der Waals surface area (Å²) < 4.78 is 0.839. The number of hydrogen-bond donors (Lipinski definition) is 2. The van der Waals surface area contributed by atoms with Gasteiger partial charge in [0.25, 0.3) is 5.91 Å². The largest absolute Gasteiger partial charge is 0.338 e. The minimum atomic E-state index is -0.281. The van der Waals surface area contributed by atoms with E-state index in [4.69, 9.17) is 0 Å². The topological polar surface area (TPSA) is 94.6 Å². The third-order valence-corrected chi connectivity index (χ3v) is 6.12. The predicted octanol–water partition coefficient (Wildman–Crippen LogP) is 3.17. The van der Waals surface area contributed by atoms with Crippen molar-refractivity contribution in [1.29, 1.82) is 0 Å². The number of nitrogens with one attached hydrogen (secondary N) is 2. The van der Waals surface area contributed by atoms with E-state index in [9.17, 15) is 14.4 Å². The van der Waals surface area contributed by atoms with Gasteiger partial charge in [0.1, 0.15) is 5.82 Å². The molecule has 2 fully saturated rings. The van der Waals surface area contributed by atoms with Crippen LogP contribution >= 0.6 is 15.9 Å². The number of amides is 4. The van der Waals surface area contributed by atoms with E-state index < -0.39 is 0 Å². The van der Waals surface area contributed by atoms with Crippen LogP contribution in [0.2, 0.25) is 0 Å². The summed E-state index contributed by atoms with van der Waals surface area (Å²) in [5, 5.41) is 5.62. The zero-order chi connectivity index (χ0) is 22.0. The summed E-state index contributed by atoms with van der Waals surface area (Å²) in [4.78, 5) is 45.3. The SMILES string of the molecule is Cc1cc(C(=O)N2CCCC(C(=O)Nc3ccc(Br)cn3)C2)ccc1N1CCNC1=O. The van der Waals surface area contributed by atoms with Gasteiger partial charge in [0.2, 0.25) is 5.91 Å². The van der Waals surface area contributed by atoms with Crippen LogP contribution in [-0.4, -0.2) is 53.9 Å². The minimum Gasteiger partial charge on any atom is -0.338 e. The van der Waals surface area contributed by atoms with Crippen molar-refractivity contribution in [3.8, 4) is 0 Å². The van der Waals surface area contributed by atoms with Gasteiger partial charge in [-0.15, -0.1) is 0 Å². The van der Waals surface area contributed by atoms with Crippen molar-refractivity contribution < 1.29 is 14.4 Å². The van der Waals surface area contributed by atoms with Gasteiger partial charge in [0.15, 0.2) is 0 Å². The summed E-state index contributed by atoms with van der Waals surface area (Å²) in [5.41, 5.74) is 2.25. The maximum atomic E-state index is 13.1. The quantitative estimate of drug-likeness (QED) is 0.694. The van der Waals surface area contributed by atoms with Gasteiger partial charge in [0.05, 0.1) is 5.92 Å². The van der Waals surface area contributed by atoms with Crippen LogP contribution in [0, 0.1) is 12.8 Å². The zero-order valence-electron chi connectivity index (χ0n) is 17.2. The third-order valence-electron chi connectivity index (χ3n) is 5.65. The van der Waals surface area contributed by atoms with Crippen molar-refractivity contribution in [2.45, 2.75) is 19.8 Å². The Balaban J connectivity index is 1.42. The Hall–Kier alpha value is -2.94. The molecule has 8 nitrogen and oxygen atoms in total. The first-order chi connectivity index (χ1) is 14.9. The van der Waals surface area contributed by atoms with Crippen LogP contribution in [0.3, 0.4) is 0 Å². The number of carbonyl (C=O) groups excluding carboxylic acids is 3. The number of benzene rings is 1. The average Bonchev–Trinajstić information content (AvgIpc) is 3.20. The second-order valence-corrected chi connectivity index (χ2v) is 8.74. The lowest BCUT2D eigenvalue weighted by Gasteiger charge is -2.32. The van der Waals surface area contributed by atoms with Crippen LogP contribution in [0.1, 0.15) is 28.8 Å².